The maximum absolute atomic E-state index is 13.8. The van der Waals surface area contributed by atoms with Crippen LogP contribution in [0, 0.1) is 5.82 Å². The number of halogens is 4. The number of hydrogen-bond acceptors (Lipinski definition) is 5. The summed E-state index contributed by atoms with van der Waals surface area (Å²) in [6, 6.07) is 11.2. The Morgan fingerprint density at radius 2 is 1.78 bits per heavy atom. The predicted octanol–water partition coefficient (Wildman–Crippen LogP) is 4.18. The number of benzene rings is 2. The Balaban J connectivity index is 1.30. The molecular weight excluding hydrogens is 428 g/mol. The first-order valence-electron chi connectivity index (χ1n) is 10.1. The van der Waals surface area contributed by atoms with Crippen molar-refractivity contribution in [3.63, 3.8) is 0 Å². The molecule has 0 N–H and O–H groups in total. The molecule has 1 saturated heterocycles. The molecule has 1 amide bonds. The van der Waals surface area contributed by atoms with Crippen molar-refractivity contribution in [2.24, 2.45) is 0 Å². The van der Waals surface area contributed by atoms with Gasteiger partial charge in [-0.3, -0.25) is 4.79 Å². The van der Waals surface area contributed by atoms with E-state index in [1.165, 1.54) is 12.1 Å². The van der Waals surface area contributed by atoms with Crippen molar-refractivity contribution in [3.05, 3.63) is 65.8 Å². The maximum Gasteiger partial charge on any atom is 0.416 e. The Morgan fingerprint density at radius 1 is 1.03 bits per heavy atom. The van der Waals surface area contributed by atoms with E-state index in [4.69, 9.17) is 4.52 Å². The fraction of sp³-hybridized carbons (Fsp3) is 0.318. The van der Waals surface area contributed by atoms with E-state index in [0.717, 1.165) is 12.1 Å². The first-order chi connectivity index (χ1) is 15.3. The quantitative estimate of drug-likeness (QED) is 0.548. The summed E-state index contributed by atoms with van der Waals surface area (Å²) in [6.07, 6.45) is -4.04. The lowest BCUT2D eigenvalue weighted by atomic mass is 10.1. The van der Waals surface area contributed by atoms with E-state index in [9.17, 15) is 22.4 Å². The minimum atomic E-state index is -4.39. The largest absolute Gasteiger partial charge is 0.416 e. The molecular formula is C22H20F4N4O2. The van der Waals surface area contributed by atoms with Gasteiger partial charge in [-0.25, -0.2) is 4.39 Å². The Labute approximate surface area is 181 Å². The monoisotopic (exact) mass is 448 g/mol. The molecule has 0 unspecified atom stereocenters. The molecule has 1 aliphatic heterocycles. The summed E-state index contributed by atoms with van der Waals surface area (Å²) in [5, 5.41) is 3.77. The zero-order valence-electron chi connectivity index (χ0n) is 17.0. The highest BCUT2D eigenvalue weighted by Gasteiger charge is 2.31. The lowest BCUT2D eigenvalue weighted by Crippen LogP contribution is -2.48. The molecule has 4 rings (SSSR count). The minimum Gasteiger partial charge on any atom is -0.368 e. The molecule has 0 radical (unpaired) electrons. The van der Waals surface area contributed by atoms with Gasteiger partial charge >= 0.3 is 6.18 Å². The minimum absolute atomic E-state index is 0.112. The second-order valence-electron chi connectivity index (χ2n) is 7.41. The van der Waals surface area contributed by atoms with Crippen molar-refractivity contribution in [1.29, 1.82) is 0 Å². The molecule has 168 valence electrons. The van der Waals surface area contributed by atoms with Crippen molar-refractivity contribution in [3.8, 4) is 11.4 Å². The smallest absolute Gasteiger partial charge is 0.368 e. The summed E-state index contributed by atoms with van der Waals surface area (Å²) in [5.74, 6) is -0.214. The van der Waals surface area contributed by atoms with Gasteiger partial charge in [0.25, 0.3) is 0 Å². The summed E-state index contributed by atoms with van der Waals surface area (Å²) >= 11 is 0. The van der Waals surface area contributed by atoms with E-state index < -0.39 is 17.6 Å². The summed E-state index contributed by atoms with van der Waals surface area (Å²) in [7, 11) is 0. The van der Waals surface area contributed by atoms with Gasteiger partial charge in [-0.15, -0.1) is 0 Å². The highest BCUT2D eigenvalue weighted by molar-refractivity contribution is 5.76. The van der Waals surface area contributed by atoms with Crippen LogP contribution in [0.25, 0.3) is 11.4 Å². The number of nitrogens with zero attached hydrogens (tertiary/aromatic N) is 4. The van der Waals surface area contributed by atoms with E-state index in [0.29, 0.717) is 31.9 Å². The molecule has 0 spiro atoms. The third-order valence-corrected chi connectivity index (χ3v) is 5.31. The molecule has 2 heterocycles. The third kappa shape index (κ3) is 4.90. The first kappa shape index (κ1) is 21.8. The van der Waals surface area contributed by atoms with Crippen LogP contribution >= 0.6 is 0 Å². The van der Waals surface area contributed by atoms with Crippen LogP contribution in [0.2, 0.25) is 0 Å². The molecule has 0 aliphatic carbocycles. The van der Waals surface area contributed by atoms with Gasteiger partial charge in [0.2, 0.25) is 17.6 Å². The lowest BCUT2D eigenvalue weighted by Gasteiger charge is -2.36. The average Bonchev–Trinajstić information content (AvgIpc) is 3.26. The molecule has 32 heavy (non-hydrogen) atoms. The van der Waals surface area contributed by atoms with Gasteiger partial charge in [0.15, 0.2) is 0 Å². The van der Waals surface area contributed by atoms with E-state index in [2.05, 4.69) is 10.1 Å². The Morgan fingerprint density at radius 3 is 2.50 bits per heavy atom. The van der Waals surface area contributed by atoms with Crippen molar-refractivity contribution in [2.45, 2.75) is 19.0 Å². The average molecular weight is 448 g/mol. The summed E-state index contributed by atoms with van der Waals surface area (Å²) < 4.78 is 57.8. The van der Waals surface area contributed by atoms with Crippen LogP contribution in [0.3, 0.4) is 0 Å². The normalized spacial score (nSPS) is 14.6. The zero-order chi connectivity index (χ0) is 22.7. The maximum atomic E-state index is 13.8. The number of aromatic nitrogens is 2. The van der Waals surface area contributed by atoms with Gasteiger partial charge in [0, 0.05) is 44.7 Å². The Hall–Kier alpha value is -3.43. The van der Waals surface area contributed by atoms with Gasteiger partial charge < -0.3 is 14.3 Å². The summed E-state index contributed by atoms with van der Waals surface area (Å²) in [4.78, 5) is 20.2. The van der Waals surface area contributed by atoms with Gasteiger partial charge in [0.05, 0.1) is 11.1 Å². The van der Waals surface area contributed by atoms with Crippen LogP contribution < -0.4 is 4.90 Å². The summed E-state index contributed by atoms with van der Waals surface area (Å²) in [5.41, 5.74) is 0.0146. The van der Waals surface area contributed by atoms with Gasteiger partial charge in [-0.1, -0.05) is 23.4 Å². The molecule has 1 fully saturated rings. The predicted molar refractivity (Wildman–Crippen MR) is 108 cm³/mol. The number of aryl methyl sites for hydroxylation is 1. The van der Waals surface area contributed by atoms with Crippen LogP contribution in [0.4, 0.5) is 23.2 Å². The highest BCUT2D eigenvalue weighted by atomic mass is 19.4. The molecule has 6 nitrogen and oxygen atoms in total. The lowest BCUT2D eigenvalue weighted by molar-refractivity contribution is -0.137. The number of rotatable bonds is 5. The molecule has 0 saturated carbocycles. The number of carbonyl (C=O) groups is 1. The van der Waals surface area contributed by atoms with Gasteiger partial charge in [-0.2, -0.15) is 18.2 Å². The number of amides is 1. The molecule has 10 heteroatoms. The second kappa shape index (κ2) is 8.97. The van der Waals surface area contributed by atoms with Gasteiger partial charge in [-0.05, 0) is 30.3 Å². The van der Waals surface area contributed by atoms with Crippen LogP contribution in [0.15, 0.2) is 53.1 Å². The second-order valence-corrected chi connectivity index (χ2v) is 7.41. The molecule has 1 aromatic heterocycles. The first-order valence-corrected chi connectivity index (χ1v) is 10.1. The number of anilines is 1. The standard InChI is InChI=1S/C22H20F4N4O2/c23-18-7-2-1-6-17(18)21-27-19(32-28-21)8-9-20(31)30-12-10-29(11-13-30)16-5-3-4-15(14-16)22(24,25)26/h1-7,14H,8-13H2. The Kier molecular flexibility index (Phi) is 6.11. The fourth-order valence-corrected chi connectivity index (χ4v) is 3.57. The molecule has 0 bridgehead atoms. The van der Waals surface area contributed by atoms with Crippen LogP contribution in [0.1, 0.15) is 17.9 Å². The van der Waals surface area contributed by atoms with Crippen molar-refractivity contribution >= 4 is 11.6 Å². The van der Waals surface area contributed by atoms with Crippen molar-refractivity contribution in [2.75, 3.05) is 31.1 Å². The molecule has 3 aromatic rings. The molecule has 1 aliphatic rings. The Bertz CT molecular complexity index is 1090. The van der Waals surface area contributed by atoms with E-state index in [1.807, 2.05) is 4.90 Å². The van der Waals surface area contributed by atoms with E-state index in [-0.39, 0.29) is 36.0 Å². The SMILES string of the molecule is O=C(CCc1nc(-c2ccccc2F)no1)N1CCN(c2cccc(C(F)(F)F)c2)CC1. The number of hydrogen-bond donors (Lipinski definition) is 0. The summed E-state index contributed by atoms with van der Waals surface area (Å²) in [6.45, 7) is 1.68. The fourth-order valence-electron chi connectivity index (χ4n) is 3.57. The van der Waals surface area contributed by atoms with Gasteiger partial charge in [0.1, 0.15) is 5.82 Å². The molecule has 0 atom stereocenters. The van der Waals surface area contributed by atoms with Crippen LogP contribution in [0.5, 0.6) is 0 Å². The van der Waals surface area contributed by atoms with Crippen LogP contribution in [-0.4, -0.2) is 47.1 Å². The topological polar surface area (TPSA) is 62.5 Å². The van der Waals surface area contributed by atoms with Crippen LogP contribution in [-0.2, 0) is 17.4 Å². The van der Waals surface area contributed by atoms with Crippen molar-refractivity contribution in [1.82, 2.24) is 15.0 Å². The molecule has 2 aromatic carbocycles. The van der Waals surface area contributed by atoms with Crippen molar-refractivity contribution < 1.29 is 26.9 Å². The number of alkyl halides is 3. The highest BCUT2D eigenvalue weighted by Crippen LogP contribution is 2.32. The van der Waals surface area contributed by atoms with E-state index >= 15 is 0 Å². The van der Waals surface area contributed by atoms with E-state index in [1.54, 1.807) is 29.2 Å². The third-order valence-electron chi connectivity index (χ3n) is 5.31. The zero-order valence-corrected chi connectivity index (χ0v) is 17.0. The number of piperazine rings is 1. The number of carbonyl (C=O) groups excluding carboxylic acids is 1.